The number of rotatable bonds is 6. The summed E-state index contributed by atoms with van der Waals surface area (Å²) in [7, 11) is 0. The molecule has 3 N–H and O–H groups in total. The Bertz CT molecular complexity index is 635. The van der Waals surface area contributed by atoms with Gasteiger partial charge in [-0.3, -0.25) is 4.79 Å². The highest BCUT2D eigenvalue weighted by Gasteiger charge is 2.20. The van der Waals surface area contributed by atoms with Crippen molar-refractivity contribution < 1.29 is 14.6 Å². The second kappa shape index (κ2) is 7.29. The lowest BCUT2D eigenvalue weighted by Gasteiger charge is -2.16. The molecule has 0 aliphatic heterocycles. The molecule has 0 amide bonds. The lowest BCUT2D eigenvalue weighted by atomic mass is 9.97. The van der Waals surface area contributed by atoms with Gasteiger partial charge in [0.2, 0.25) is 0 Å². The molecule has 1 unspecified atom stereocenters. The summed E-state index contributed by atoms with van der Waals surface area (Å²) >= 11 is 6.25. The first-order valence-corrected chi connectivity index (χ1v) is 7.30. The van der Waals surface area contributed by atoms with E-state index in [-0.39, 0.29) is 6.54 Å². The van der Waals surface area contributed by atoms with E-state index in [4.69, 9.17) is 22.1 Å². The van der Waals surface area contributed by atoms with Gasteiger partial charge in [0.25, 0.3) is 0 Å². The quantitative estimate of drug-likeness (QED) is 0.856. The van der Waals surface area contributed by atoms with Crippen molar-refractivity contribution in [2.75, 3.05) is 6.54 Å². The van der Waals surface area contributed by atoms with Crippen LogP contribution in [0.2, 0.25) is 5.02 Å². The number of aliphatic carboxylic acids is 1. The highest BCUT2D eigenvalue weighted by Crippen LogP contribution is 2.33. The first-order valence-electron chi connectivity index (χ1n) is 6.92. The Labute approximate surface area is 134 Å². The molecule has 1 atom stereocenters. The SMILES string of the molecule is Cc1cc(C(CN)C(=O)O)cc(Cl)c1OCc1ccccc1. The number of benzene rings is 2. The average Bonchev–Trinajstić information content (AvgIpc) is 2.48. The van der Waals surface area contributed by atoms with Crippen molar-refractivity contribution in [3.05, 3.63) is 64.2 Å². The van der Waals surface area contributed by atoms with Crippen molar-refractivity contribution in [1.29, 1.82) is 0 Å². The van der Waals surface area contributed by atoms with Crippen LogP contribution >= 0.6 is 11.6 Å². The predicted molar refractivity (Wildman–Crippen MR) is 86.4 cm³/mol. The van der Waals surface area contributed by atoms with Crippen LogP contribution in [0.4, 0.5) is 0 Å². The lowest BCUT2D eigenvalue weighted by molar-refractivity contribution is -0.138. The molecule has 0 heterocycles. The number of carbonyl (C=O) groups is 1. The first kappa shape index (κ1) is 16.3. The molecule has 0 saturated carbocycles. The Balaban J connectivity index is 2.21. The van der Waals surface area contributed by atoms with Crippen LogP contribution in [-0.4, -0.2) is 17.6 Å². The van der Waals surface area contributed by atoms with Crippen LogP contribution in [-0.2, 0) is 11.4 Å². The van der Waals surface area contributed by atoms with E-state index >= 15 is 0 Å². The van der Waals surface area contributed by atoms with Crippen molar-refractivity contribution in [3.8, 4) is 5.75 Å². The summed E-state index contributed by atoms with van der Waals surface area (Å²) < 4.78 is 5.77. The zero-order chi connectivity index (χ0) is 16.1. The molecule has 0 aromatic heterocycles. The standard InChI is InChI=1S/C17H18ClNO3/c1-11-7-13(14(9-19)17(20)21)8-15(18)16(11)22-10-12-5-3-2-4-6-12/h2-8,14H,9-10,19H2,1H3,(H,20,21). The Kier molecular flexibility index (Phi) is 5.41. The maximum atomic E-state index is 11.2. The summed E-state index contributed by atoms with van der Waals surface area (Å²) in [6, 6.07) is 13.1. The van der Waals surface area contributed by atoms with Gasteiger partial charge in [-0.25, -0.2) is 0 Å². The Morgan fingerprint density at radius 1 is 1.32 bits per heavy atom. The van der Waals surface area contributed by atoms with Crippen LogP contribution in [0, 0.1) is 6.92 Å². The third-order valence-corrected chi connectivity index (χ3v) is 3.69. The van der Waals surface area contributed by atoms with Gasteiger partial charge < -0.3 is 15.6 Å². The summed E-state index contributed by atoms with van der Waals surface area (Å²) in [6.45, 7) is 2.26. The van der Waals surface area contributed by atoms with Gasteiger partial charge in [-0.05, 0) is 29.7 Å². The van der Waals surface area contributed by atoms with Crippen LogP contribution in [0.5, 0.6) is 5.75 Å². The molecular formula is C17H18ClNO3. The fraction of sp³-hybridized carbons (Fsp3) is 0.235. The van der Waals surface area contributed by atoms with Crippen molar-refractivity contribution in [2.45, 2.75) is 19.4 Å². The second-order valence-corrected chi connectivity index (χ2v) is 5.46. The topological polar surface area (TPSA) is 72.6 Å². The van der Waals surface area contributed by atoms with Gasteiger partial charge in [0.15, 0.2) is 0 Å². The van der Waals surface area contributed by atoms with E-state index < -0.39 is 11.9 Å². The number of aryl methyl sites for hydroxylation is 1. The molecule has 0 fully saturated rings. The first-order chi connectivity index (χ1) is 10.5. The third kappa shape index (κ3) is 3.78. The summed E-state index contributed by atoms with van der Waals surface area (Å²) in [5, 5.41) is 9.57. The summed E-state index contributed by atoms with van der Waals surface area (Å²) in [6.07, 6.45) is 0. The van der Waals surface area contributed by atoms with Crippen LogP contribution in [0.25, 0.3) is 0 Å². The highest BCUT2D eigenvalue weighted by molar-refractivity contribution is 6.32. The monoisotopic (exact) mass is 319 g/mol. The molecule has 4 nitrogen and oxygen atoms in total. The number of carboxylic acid groups (broad SMARTS) is 1. The largest absolute Gasteiger partial charge is 0.487 e. The van der Waals surface area contributed by atoms with E-state index in [9.17, 15) is 9.90 Å². The molecule has 2 rings (SSSR count). The molecular weight excluding hydrogens is 302 g/mol. The summed E-state index contributed by atoms with van der Waals surface area (Å²) in [5.41, 5.74) is 7.94. The minimum Gasteiger partial charge on any atom is -0.487 e. The highest BCUT2D eigenvalue weighted by atomic mass is 35.5. The Hall–Kier alpha value is -2.04. The van der Waals surface area contributed by atoms with E-state index in [2.05, 4.69) is 0 Å². The molecule has 2 aromatic carbocycles. The van der Waals surface area contributed by atoms with E-state index in [0.717, 1.165) is 11.1 Å². The molecule has 116 valence electrons. The van der Waals surface area contributed by atoms with Gasteiger partial charge in [0, 0.05) is 6.54 Å². The molecule has 0 radical (unpaired) electrons. The van der Waals surface area contributed by atoms with Crippen LogP contribution in [0.3, 0.4) is 0 Å². The molecule has 2 aromatic rings. The van der Waals surface area contributed by atoms with Crippen molar-refractivity contribution >= 4 is 17.6 Å². The molecule has 0 bridgehead atoms. The van der Waals surface area contributed by atoms with E-state index in [1.807, 2.05) is 37.3 Å². The average molecular weight is 320 g/mol. The molecule has 0 spiro atoms. The number of nitrogens with two attached hydrogens (primary N) is 1. The zero-order valence-corrected chi connectivity index (χ0v) is 13.0. The maximum absolute atomic E-state index is 11.2. The second-order valence-electron chi connectivity index (χ2n) is 5.05. The number of halogens is 1. The predicted octanol–water partition coefficient (Wildman–Crippen LogP) is 3.35. The van der Waals surface area contributed by atoms with Crippen molar-refractivity contribution in [2.24, 2.45) is 5.73 Å². The Morgan fingerprint density at radius 2 is 2.00 bits per heavy atom. The zero-order valence-electron chi connectivity index (χ0n) is 12.3. The fourth-order valence-electron chi connectivity index (χ4n) is 2.25. The van der Waals surface area contributed by atoms with Crippen molar-refractivity contribution in [3.63, 3.8) is 0 Å². The number of hydrogen-bond acceptors (Lipinski definition) is 3. The van der Waals surface area contributed by atoms with Gasteiger partial charge in [-0.15, -0.1) is 0 Å². The summed E-state index contributed by atoms with van der Waals surface area (Å²) in [5.74, 6) is -1.16. The molecule has 0 aliphatic rings. The number of carboxylic acids is 1. The van der Waals surface area contributed by atoms with Crippen LogP contribution in [0.1, 0.15) is 22.6 Å². The van der Waals surface area contributed by atoms with Crippen molar-refractivity contribution in [1.82, 2.24) is 0 Å². The molecule has 5 heteroatoms. The van der Waals surface area contributed by atoms with Crippen LogP contribution < -0.4 is 10.5 Å². The third-order valence-electron chi connectivity index (χ3n) is 3.41. The number of ether oxygens (including phenoxy) is 1. The van der Waals surface area contributed by atoms with Gasteiger partial charge in [0.05, 0.1) is 10.9 Å². The van der Waals surface area contributed by atoms with E-state index in [0.29, 0.717) is 22.9 Å². The van der Waals surface area contributed by atoms with Gasteiger partial charge in [0.1, 0.15) is 12.4 Å². The van der Waals surface area contributed by atoms with E-state index in [1.165, 1.54) is 0 Å². The van der Waals surface area contributed by atoms with Gasteiger partial charge >= 0.3 is 5.97 Å². The van der Waals surface area contributed by atoms with E-state index in [1.54, 1.807) is 12.1 Å². The number of hydrogen-bond donors (Lipinski definition) is 2. The van der Waals surface area contributed by atoms with Crippen LogP contribution in [0.15, 0.2) is 42.5 Å². The van der Waals surface area contributed by atoms with Gasteiger partial charge in [-0.1, -0.05) is 48.0 Å². The molecule has 22 heavy (non-hydrogen) atoms. The van der Waals surface area contributed by atoms with Gasteiger partial charge in [-0.2, -0.15) is 0 Å². The smallest absolute Gasteiger partial charge is 0.312 e. The molecule has 0 saturated heterocycles. The summed E-state index contributed by atoms with van der Waals surface area (Å²) in [4.78, 5) is 11.2. The molecule has 0 aliphatic carbocycles. The fourth-order valence-corrected chi connectivity index (χ4v) is 2.58. The lowest BCUT2D eigenvalue weighted by Crippen LogP contribution is -2.21. The minimum absolute atomic E-state index is 0.0231. The Morgan fingerprint density at radius 3 is 2.55 bits per heavy atom. The minimum atomic E-state index is -0.962. The normalized spacial score (nSPS) is 12.0. The maximum Gasteiger partial charge on any atom is 0.312 e.